The van der Waals surface area contributed by atoms with Crippen LogP contribution in [0.25, 0.3) is 11.3 Å². The van der Waals surface area contributed by atoms with Crippen LogP contribution in [0.3, 0.4) is 0 Å². The summed E-state index contributed by atoms with van der Waals surface area (Å²) in [6, 6.07) is 11.0. The minimum absolute atomic E-state index is 0.0126. The maximum absolute atomic E-state index is 13.2. The highest BCUT2D eigenvalue weighted by Crippen LogP contribution is 2.35. The molecule has 142 valence electrons. The summed E-state index contributed by atoms with van der Waals surface area (Å²) in [6.45, 7) is 0.0814. The Kier molecular flexibility index (Phi) is 5.47. The Hall–Kier alpha value is -3.57. The summed E-state index contributed by atoms with van der Waals surface area (Å²) in [5, 5.41) is 9.62. The Balaban J connectivity index is 1.98. The van der Waals surface area contributed by atoms with E-state index in [0.717, 1.165) is 0 Å². The average Bonchev–Trinajstić information content (AvgIpc) is 2.66. The van der Waals surface area contributed by atoms with Crippen LogP contribution in [-0.2, 0) is 6.61 Å². The molecule has 28 heavy (non-hydrogen) atoms. The van der Waals surface area contributed by atoms with Gasteiger partial charge in [0.15, 0.2) is 11.5 Å². The molecule has 0 fully saturated rings. The SMILES string of the molecule is COc1ccc(-c2nc(N)nc(N)c2C#N)cc1OCc1ccc(F)cc1Cl. The van der Waals surface area contributed by atoms with Crippen molar-refractivity contribution in [2.24, 2.45) is 0 Å². The highest BCUT2D eigenvalue weighted by molar-refractivity contribution is 6.31. The first-order valence-electron chi connectivity index (χ1n) is 8.01. The Morgan fingerprint density at radius 1 is 1.14 bits per heavy atom. The molecule has 4 N–H and O–H groups in total. The quantitative estimate of drug-likeness (QED) is 0.672. The van der Waals surface area contributed by atoms with E-state index >= 15 is 0 Å². The van der Waals surface area contributed by atoms with Gasteiger partial charge in [0, 0.05) is 11.1 Å². The molecule has 2 aromatic carbocycles. The van der Waals surface area contributed by atoms with Crippen LogP contribution in [0.1, 0.15) is 11.1 Å². The Bertz CT molecular complexity index is 1080. The number of hydrogen-bond donors (Lipinski definition) is 2. The molecule has 3 aromatic rings. The fraction of sp³-hybridized carbons (Fsp3) is 0.105. The van der Waals surface area contributed by atoms with Crippen LogP contribution in [0.5, 0.6) is 11.5 Å². The molecule has 0 aliphatic heterocycles. The third kappa shape index (κ3) is 3.89. The third-order valence-electron chi connectivity index (χ3n) is 3.90. The van der Waals surface area contributed by atoms with Crippen molar-refractivity contribution >= 4 is 23.4 Å². The summed E-state index contributed by atoms with van der Waals surface area (Å²) in [4.78, 5) is 7.92. The lowest BCUT2D eigenvalue weighted by atomic mass is 10.1. The number of nitrogen functional groups attached to an aromatic ring is 2. The first-order chi connectivity index (χ1) is 13.4. The van der Waals surface area contributed by atoms with E-state index in [1.807, 2.05) is 6.07 Å². The number of aromatic nitrogens is 2. The van der Waals surface area contributed by atoms with Gasteiger partial charge in [-0.25, -0.2) is 9.37 Å². The predicted octanol–water partition coefficient (Wildman–Crippen LogP) is 3.56. The molecule has 0 spiro atoms. The molecule has 0 amide bonds. The number of hydrogen-bond acceptors (Lipinski definition) is 7. The molecule has 0 radical (unpaired) electrons. The molecule has 0 saturated carbocycles. The molecule has 9 heteroatoms. The summed E-state index contributed by atoms with van der Waals surface area (Å²) in [5.74, 6) is 0.330. The van der Waals surface area contributed by atoms with Crippen LogP contribution in [0, 0.1) is 17.1 Å². The number of halogens is 2. The molecule has 0 bridgehead atoms. The molecule has 1 heterocycles. The molecular formula is C19H15ClFN5O2. The van der Waals surface area contributed by atoms with E-state index in [1.165, 1.54) is 25.3 Å². The van der Waals surface area contributed by atoms with Crippen LogP contribution in [0.15, 0.2) is 36.4 Å². The maximum atomic E-state index is 13.2. The standard InChI is InChI=1S/C19H15ClFN5O2/c1-27-15-5-3-10(17-13(8-22)18(23)26-19(24)25-17)6-16(15)28-9-11-2-4-12(21)7-14(11)20/h2-7H,9H2,1H3,(H4,23,24,25,26). The monoisotopic (exact) mass is 399 g/mol. The molecule has 3 rings (SSSR count). The minimum atomic E-state index is -0.434. The van der Waals surface area contributed by atoms with Crippen molar-refractivity contribution in [3.05, 3.63) is 58.4 Å². The smallest absolute Gasteiger partial charge is 0.222 e. The normalized spacial score (nSPS) is 10.4. The summed E-state index contributed by atoms with van der Waals surface area (Å²) in [5.41, 5.74) is 13.0. The van der Waals surface area contributed by atoms with Crippen LogP contribution < -0.4 is 20.9 Å². The van der Waals surface area contributed by atoms with E-state index < -0.39 is 5.82 Å². The molecule has 0 aliphatic carbocycles. The summed E-state index contributed by atoms with van der Waals surface area (Å²) in [6.07, 6.45) is 0. The van der Waals surface area contributed by atoms with Crippen molar-refractivity contribution in [1.29, 1.82) is 5.26 Å². The van der Waals surface area contributed by atoms with E-state index in [9.17, 15) is 9.65 Å². The van der Waals surface area contributed by atoms with Crippen molar-refractivity contribution < 1.29 is 13.9 Å². The Morgan fingerprint density at radius 2 is 1.93 bits per heavy atom. The molecule has 0 atom stereocenters. The van der Waals surface area contributed by atoms with Crippen LogP contribution in [0.2, 0.25) is 5.02 Å². The largest absolute Gasteiger partial charge is 0.493 e. The van der Waals surface area contributed by atoms with Crippen molar-refractivity contribution in [3.8, 4) is 28.8 Å². The maximum Gasteiger partial charge on any atom is 0.222 e. The van der Waals surface area contributed by atoms with Gasteiger partial charge in [-0.15, -0.1) is 0 Å². The number of benzene rings is 2. The lowest BCUT2D eigenvalue weighted by molar-refractivity contribution is 0.284. The second-order valence-corrected chi connectivity index (χ2v) is 6.10. The van der Waals surface area contributed by atoms with E-state index in [4.69, 9.17) is 32.5 Å². The highest BCUT2D eigenvalue weighted by Gasteiger charge is 2.16. The van der Waals surface area contributed by atoms with Gasteiger partial charge >= 0.3 is 0 Å². The van der Waals surface area contributed by atoms with E-state index in [-0.39, 0.29) is 34.7 Å². The first kappa shape index (κ1) is 19.2. The zero-order chi connectivity index (χ0) is 20.3. The molecule has 1 aromatic heterocycles. The van der Waals surface area contributed by atoms with Crippen molar-refractivity contribution in [2.75, 3.05) is 18.6 Å². The van der Waals surface area contributed by atoms with Crippen LogP contribution in [0.4, 0.5) is 16.2 Å². The van der Waals surface area contributed by atoms with Crippen molar-refractivity contribution in [1.82, 2.24) is 9.97 Å². The van der Waals surface area contributed by atoms with Crippen LogP contribution >= 0.6 is 11.6 Å². The number of nitrogens with zero attached hydrogens (tertiary/aromatic N) is 3. The zero-order valence-electron chi connectivity index (χ0n) is 14.7. The van der Waals surface area contributed by atoms with Gasteiger partial charge in [-0.2, -0.15) is 10.2 Å². The van der Waals surface area contributed by atoms with Crippen molar-refractivity contribution in [3.63, 3.8) is 0 Å². The third-order valence-corrected chi connectivity index (χ3v) is 4.25. The number of nitriles is 1. The summed E-state index contributed by atoms with van der Waals surface area (Å²) < 4.78 is 24.3. The van der Waals surface area contributed by atoms with Crippen LogP contribution in [-0.4, -0.2) is 17.1 Å². The first-order valence-corrected chi connectivity index (χ1v) is 8.39. The highest BCUT2D eigenvalue weighted by atomic mass is 35.5. The number of ether oxygens (including phenoxy) is 2. The number of nitrogens with two attached hydrogens (primary N) is 2. The average molecular weight is 400 g/mol. The van der Waals surface area contributed by atoms with E-state index in [1.54, 1.807) is 18.2 Å². The zero-order valence-corrected chi connectivity index (χ0v) is 15.5. The lowest BCUT2D eigenvalue weighted by Gasteiger charge is -2.14. The molecule has 0 saturated heterocycles. The lowest BCUT2D eigenvalue weighted by Crippen LogP contribution is -2.05. The van der Waals surface area contributed by atoms with E-state index in [2.05, 4.69) is 9.97 Å². The molecular weight excluding hydrogens is 385 g/mol. The van der Waals surface area contributed by atoms with Gasteiger partial charge in [-0.3, -0.25) is 0 Å². The minimum Gasteiger partial charge on any atom is -0.493 e. The van der Waals surface area contributed by atoms with Gasteiger partial charge < -0.3 is 20.9 Å². The second-order valence-electron chi connectivity index (χ2n) is 5.69. The fourth-order valence-corrected chi connectivity index (χ4v) is 2.77. The topological polar surface area (TPSA) is 120 Å². The molecule has 0 aliphatic rings. The van der Waals surface area contributed by atoms with Gasteiger partial charge in [0.2, 0.25) is 5.95 Å². The molecule has 0 unspecified atom stereocenters. The van der Waals surface area contributed by atoms with Crippen molar-refractivity contribution in [2.45, 2.75) is 6.61 Å². The molecule has 7 nitrogen and oxygen atoms in total. The fourth-order valence-electron chi connectivity index (χ4n) is 2.55. The van der Waals surface area contributed by atoms with E-state index in [0.29, 0.717) is 22.6 Å². The Labute approximate surface area is 165 Å². The number of anilines is 2. The summed E-state index contributed by atoms with van der Waals surface area (Å²) >= 11 is 6.04. The number of methoxy groups -OCH3 is 1. The second kappa shape index (κ2) is 7.98. The van der Waals surface area contributed by atoms with Gasteiger partial charge in [0.1, 0.15) is 29.9 Å². The van der Waals surface area contributed by atoms with Gasteiger partial charge in [-0.1, -0.05) is 17.7 Å². The van der Waals surface area contributed by atoms with Gasteiger partial charge in [-0.05, 0) is 30.3 Å². The number of rotatable bonds is 5. The van der Waals surface area contributed by atoms with Gasteiger partial charge in [0.05, 0.1) is 17.8 Å². The Morgan fingerprint density at radius 3 is 2.61 bits per heavy atom. The predicted molar refractivity (Wildman–Crippen MR) is 103 cm³/mol. The van der Waals surface area contributed by atoms with Gasteiger partial charge in [0.25, 0.3) is 0 Å². The summed E-state index contributed by atoms with van der Waals surface area (Å²) in [7, 11) is 1.49.